The summed E-state index contributed by atoms with van der Waals surface area (Å²) in [6.07, 6.45) is 0. The topological polar surface area (TPSA) is 85.4 Å². The third-order valence-corrected chi connectivity index (χ3v) is 3.69. The van der Waals surface area contributed by atoms with Crippen molar-refractivity contribution in [3.8, 4) is 11.5 Å². The van der Waals surface area contributed by atoms with Gasteiger partial charge in [0.25, 0.3) is 5.91 Å². The monoisotopic (exact) mass is 364 g/mol. The van der Waals surface area contributed by atoms with Crippen molar-refractivity contribution in [2.24, 2.45) is 0 Å². The van der Waals surface area contributed by atoms with Gasteiger partial charge in [0.15, 0.2) is 11.5 Å². The maximum Gasteiger partial charge on any atom is 0.276 e. The lowest BCUT2D eigenvalue weighted by Crippen LogP contribution is -2.14. The van der Waals surface area contributed by atoms with Crippen LogP contribution in [-0.2, 0) is 0 Å². The first kappa shape index (κ1) is 18.2. The Morgan fingerprint density at radius 2 is 1.78 bits per heavy atom. The van der Waals surface area contributed by atoms with Gasteiger partial charge in [-0.3, -0.25) is 4.79 Å². The van der Waals surface area contributed by atoms with Gasteiger partial charge in [-0.1, -0.05) is 12.1 Å². The van der Waals surface area contributed by atoms with Crippen molar-refractivity contribution in [3.63, 3.8) is 0 Å². The predicted molar refractivity (Wildman–Crippen MR) is 104 cm³/mol. The van der Waals surface area contributed by atoms with Gasteiger partial charge in [-0.25, -0.2) is 0 Å². The highest BCUT2D eigenvalue weighted by Crippen LogP contribution is 2.26. The predicted octanol–water partition coefficient (Wildman–Crippen LogP) is 3.88. The number of hydrogen-bond acceptors (Lipinski definition) is 6. The molecule has 7 heteroatoms. The Hall–Kier alpha value is -3.61. The number of benzene rings is 2. The molecule has 2 aromatic carbocycles. The second-order valence-electron chi connectivity index (χ2n) is 5.54. The molecule has 0 atom stereocenters. The fourth-order valence-electron chi connectivity index (χ4n) is 2.38. The van der Waals surface area contributed by atoms with Crippen molar-refractivity contribution in [1.29, 1.82) is 0 Å². The van der Waals surface area contributed by atoms with E-state index >= 15 is 0 Å². The van der Waals surface area contributed by atoms with Crippen LogP contribution in [0.25, 0.3) is 0 Å². The van der Waals surface area contributed by atoms with Crippen LogP contribution in [0.15, 0.2) is 60.7 Å². The van der Waals surface area contributed by atoms with Gasteiger partial charge >= 0.3 is 0 Å². The number of carbonyl (C=O) groups excluding carboxylic acids is 1. The number of rotatable bonds is 7. The van der Waals surface area contributed by atoms with Crippen molar-refractivity contribution in [1.82, 2.24) is 10.2 Å². The molecule has 0 aliphatic heterocycles. The number of ether oxygens (including phenoxy) is 2. The van der Waals surface area contributed by atoms with Crippen molar-refractivity contribution >= 4 is 23.1 Å². The lowest BCUT2D eigenvalue weighted by molar-refractivity contribution is 0.102. The van der Waals surface area contributed by atoms with Crippen LogP contribution in [0.5, 0.6) is 11.5 Å². The molecule has 1 aromatic heterocycles. The zero-order valence-electron chi connectivity index (χ0n) is 15.1. The number of nitrogens with one attached hydrogen (secondary N) is 2. The molecule has 138 valence electrons. The molecule has 7 nitrogen and oxygen atoms in total. The van der Waals surface area contributed by atoms with Crippen molar-refractivity contribution in [2.45, 2.75) is 6.92 Å². The highest BCUT2D eigenvalue weighted by Gasteiger charge is 2.10. The summed E-state index contributed by atoms with van der Waals surface area (Å²) in [6.45, 7) is 2.49. The maximum absolute atomic E-state index is 12.3. The summed E-state index contributed by atoms with van der Waals surface area (Å²) in [5, 5.41) is 14.0. The number of nitrogens with zero attached hydrogens (tertiary/aromatic N) is 2. The summed E-state index contributed by atoms with van der Waals surface area (Å²) in [5.74, 6) is 1.62. The van der Waals surface area contributed by atoms with E-state index in [0.29, 0.717) is 18.1 Å². The van der Waals surface area contributed by atoms with Crippen LogP contribution in [-0.4, -0.2) is 29.8 Å². The third kappa shape index (κ3) is 4.72. The lowest BCUT2D eigenvalue weighted by atomic mass is 10.2. The molecule has 3 rings (SSSR count). The molecule has 1 heterocycles. The SMILES string of the molecule is CCOc1ccccc1Nc1ccc(C(=O)Nc2ccc(OC)cc2)nn1. The van der Waals surface area contributed by atoms with Gasteiger partial charge in [0.1, 0.15) is 11.5 Å². The van der Waals surface area contributed by atoms with E-state index in [1.54, 1.807) is 43.5 Å². The first-order chi connectivity index (χ1) is 13.2. The van der Waals surface area contributed by atoms with Crippen LogP contribution < -0.4 is 20.1 Å². The molecule has 3 aromatic rings. The van der Waals surface area contributed by atoms with Crippen LogP contribution in [0.2, 0.25) is 0 Å². The number of para-hydroxylation sites is 2. The van der Waals surface area contributed by atoms with Gasteiger partial charge in [-0.05, 0) is 55.5 Å². The van der Waals surface area contributed by atoms with E-state index in [1.165, 1.54) is 0 Å². The van der Waals surface area contributed by atoms with Gasteiger partial charge in [-0.15, -0.1) is 10.2 Å². The minimum absolute atomic E-state index is 0.217. The molecule has 0 bridgehead atoms. The zero-order valence-corrected chi connectivity index (χ0v) is 15.1. The van der Waals surface area contributed by atoms with E-state index in [-0.39, 0.29) is 11.6 Å². The summed E-state index contributed by atoms with van der Waals surface area (Å²) in [7, 11) is 1.59. The Balaban J connectivity index is 1.66. The number of hydrogen-bond donors (Lipinski definition) is 2. The summed E-state index contributed by atoms with van der Waals surface area (Å²) in [6, 6.07) is 17.9. The standard InChI is InChI=1S/C20H20N4O3/c1-3-27-18-7-5-4-6-16(18)22-19-13-12-17(23-24-19)20(25)21-14-8-10-15(26-2)11-9-14/h4-13H,3H2,1-2H3,(H,21,25)(H,22,24). The Kier molecular flexibility index (Phi) is 5.84. The molecule has 0 aliphatic carbocycles. The molecule has 1 amide bonds. The van der Waals surface area contributed by atoms with Crippen LogP contribution in [0.3, 0.4) is 0 Å². The van der Waals surface area contributed by atoms with Gasteiger partial charge in [0, 0.05) is 5.69 Å². The largest absolute Gasteiger partial charge is 0.497 e. The van der Waals surface area contributed by atoms with Crippen LogP contribution in [0, 0.1) is 0 Å². The fourth-order valence-corrected chi connectivity index (χ4v) is 2.38. The number of anilines is 3. The van der Waals surface area contributed by atoms with Crippen molar-refractivity contribution in [3.05, 3.63) is 66.4 Å². The second kappa shape index (κ2) is 8.66. The summed E-state index contributed by atoms with van der Waals surface area (Å²) in [4.78, 5) is 12.3. The summed E-state index contributed by atoms with van der Waals surface area (Å²) < 4.78 is 10.7. The summed E-state index contributed by atoms with van der Waals surface area (Å²) in [5.41, 5.74) is 1.65. The van der Waals surface area contributed by atoms with Crippen molar-refractivity contribution in [2.75, 3.05) is 24.4 Å². The van der Waals surface area contributed by atoms with E-state index in [2.05, 4.69) is 20.8 Å². The average molecular weight is 364 g/mol. The van der Waals surface area contributed by atoms with Crippen molar-refractivity contribution < 1.29 is 14.3 Å². The number of methoxy groups -OCH3 is 1. The first-order valence-corrected chi connectivity index (χ1v) is 8.47. The first-order valence-electron chi connectivity index (χ1n) is 8.47. The molecule has 2 N–H and O–H groups in total. The highest BCUT2D eigenvalue weighted by molar-refractivity contribution is 6.02. The number of amides is 1. The highest BCUT2D eigenvalue weighted by atomic mass is 16.5. The molecule has 0 saturated carbocycles. The van der Waals surface area contributed by atoms with Crippen LogP contribution in [0.4, 0.5) is 17.2 Å². The second-order valence-corrected chi connectivity index (χ2v) is 5.54. The fraction of sp³-hybridized carbons (Fsp3) is 0.150. The Labute approximate surface area is 157 Å². The molecule has 0 aliphatic rings. The molecule has 0 saturated heterocycles. The van der Waals surface area contributed by atoms with E-state index in [4.69, 9.17) is 9.47 Å². The van der Waals surface area contributed by atoms with Gasteiger partial charge in [0.2, 0.25) is 0 Å². The van der Waals surface area contributed by atoms with Gasteiger partial charge < -0.3 is 20.1 Å². The lowest BCUT2D eigenvalue weighted by Gasteiger charge is -2.11. The molecule has 0 fully saturated rings. The average Bonchev–Trinajstić information content (AvgIpc) is 2.71. The summed E-state index contributed by atoms with van der Waals surface area (Å²) >= 11 is 0. The normalized spacial score (nSPS) is 10.1. The Morgan fingerprint density at radius 1 is 1.00 bits per heavy atom. The number of carbonyl (C=O) groups is 1. The third-order valence-electron chi connectivity index (χ3n) is 3.69. The Morgan fingerprint density at radius 3 is 2.44 bits per heavy atom. The van der Waals surface area contributed by atoms with E-state index in [1.807, 2.05) is 31.2 Å². The molecular weight excluding hydrogens is 344 g/mol. The smallest absolute Gasteiger partial charge is 0.276 e. The van der Waals surface area contributed by atoms with Gasteiger partial charge in [-0.2, -0.15) is 0 Å². The minimum atomic E-state index is -0.339. The molecule has 0 spiro atoms. The van der Waals surface area contributed by atoms with Gasteiger partial charge in [0.05, 0.1) is 19.4 Å². The quantitative estimate of drug-likeness (QED) is 0.662. The molecular formula is C20H20N4O3. The van der Waals surface area contributed by atoms with E-state index in [0.717, 1.165) is 17.2 Å². The van der Waals surface area contributed by atoms with Crippen LogP contribution in [0.1, 0.15) is 17.4 Å². The number of aromatic nitrogens is 2. The molecule has 27 heavy (non-hydrogen) atoms. The van der Waals surface area contributed by atoms with E-state index < -0.39 is 0 Å². The van der Waals surface area contributed by atoms with E-state index in [9.17, 15) is 4.79 Å². The maximum atomic E-state index is 12.3. The molecule has 0 radical (unpaired) electrons. The Bertz CT molecular complexity index is 896. The zero-order chi connectivity index (χ0) is 19.1. The van der Waals surface area contributed by atoms with Crippen LogP contribution >= 0.6 is 0 Å². The minimum Gasteiger partial charge on any atom is -0.497 e. The molecule has 0 unspecified atom stereocenters.